The van der Waals surface area contributed by atoms with Crippen LogP contribution in [0.15, 0.2) is 36.2 Å². The molecule has 1 heterocycles. The Morgan fingerprint density at radius 1 is 1.29 bits per heavy atom. The average molecular weight is 287 g/mol. The van der Waals surface area contributed by atoms with Crippen molar-refractivity contribution in [2.24, 2.45) is 0 Å². The fourth-order valence-corrected chi connectivity index (χ4v) is 2.54. The number of anilines is 1. The predicted molar refractivity (Wildman–Crippen MR) is 87.2 cm³/mol. The molecule has 0 atom stereocenters. The summed E-state index contributed by atoms with van der Waals surface area (Å²) in [7, 11) is 0. The molecular formula is C17H25N3O. The number of aryl methyl sites for hydroxylation is 1. The lowest BCUT2D eigenvalue weighted by Crippen LogP contribution is -2.31. The summed E-state index contributed by atoms with van der Waals surface area (Å²) in [6.07, 6.45) is 6.54. The second-order valence-electron chi connectivity index (χ2n) is 5.49. The van der Waals surface area contributed by atoms with Crippen molar-refractivity contribution in [3.05, 3.63) is 41.7 Å². The molecule has 0 saturated carbocycles. The Labute approximate surface area is 127 Å². The topological polar surface area (TPSA) is 44.4 Å². The molecule has 1 aromatic carbocycles. The second-order valence-corrected chi connectivity index (χ2v) is 5.49. The van der Waals surface area contributed by atoms with Crippen LogP contribution in [0.1, 0.15) is 38.7 Å². The minimum Gasteiger partial charge on any atom is -0.374 e. The normalized spacial score (nSPS) is 15.7. The van der Waals surface area contributed by atoms with Crippen LogP contribution >= 0.6 is 0 Å². The molecule has 4 nitrogen and oxygen atoms in total. The van der Waals surface area contributed by atoms with Gasteiger partial charge >= 0.3 is 6.03 Å². The van der Waals surface area contributed by atoms with Crippen LogP contribution in [0.4, 0.5) is 10.5 Å². The third-order valence-corrected chi connectivity index (χ3v) is 3.86. The van der Waals surface area contributed by atoms with Crippen LogP contribution in [0, 0.1) is 0 Å². The SMILES string of the molecule is CCc1cccc(NC(=O)N/C=C(\C)N2CCCCC2)c1. The highest BCUT2D eigenvalue weighted by Crippen LogP contribution is 2.14. The van der Waals surface area contributed by atoms with Gasteiger partial charge in [-0.05, 0) is 50.3 Å². The first-order valence-electron chi connectivity index (χ1n) is 7.77. The van der Waals surface area contributed by atoms with Crippen LogP contribution in [0.3, 0.4) is 0 Å². The molecule has 0 unspecified atom stereocenters. The van der Waals surface area contributed by atoms with E-state index in [0.717, 1.165) is 30.9 Å². The van der Waals surface area contributed by atoms with Gasteiger partial charge in [0.2, 0.25) is 0 Å². The number of hydrogen-bond acceptors (Lipinski definition) is 2. The minimum absolute atomic E-state index is 0.195. The van der Waals surface area contributed by atoms with Crippen molar-refractivity contribution >= 4 is 11.7 Å². The lowest BCUT2D eigenvalue weighted by atomic mass is 10.1. The predicted octanol–water partition coefficient (Wildman–Crippen LogP) is 3.72. The Kier molecular flexibility index (Phi) is 5.67. The summed E-state index contributed by atoms with van der Waals surface area (Å²) >= 11 is 0. The summed E-state index contributed by atoms with van der Waals surface area (Å²) < 4.78 is 0. The molecule has 1 saturated heterocycles. The molecule has 114 valence electrons. The highest BCUT2D eigenvalue weighted by molar-refractivity contribution is 5.89. The van der Waals surface area contributed by atoms with Crippen molar-refractivity contribution in [2.75, 3.05) is 18.4 Å². The van der Waals surface area contributed by atoms with Crippen LogP contribution in [0.25, 0.3) is 0 Å². The van der Waals surface area contributed by atoms with Gasteiger partial charge in [-0.2, -0.15) is 0 Å². The van der Waals surface area contributed by atoms with Crippen LogP contribution in [0.5, 0.6) is 0 Å². The van der Waals surface area contributed by atoms with Gasteiger partial charge in [0.25, 0.3) is 0 Å². The zero-order valence-corrected chi connectivity index (χ0v) is 13.0. The van der Waals surface area contributed by atoms with Gasteiger partial charge in [-0.15, -0.1) is 0 Å². The number of nitrogens with one attached hydrogen (secondary N) is 2. The molecule has 21 heavy (non-hydrogen) atoms. The van der Waals surface area contributed by atoms with Gasteiger partial charge in [0.15, 0.2) is 0 Å². The van der Waals surface area contributed by atoms with Crippen molar-refractivity contribution < 1.29 is 4.79 Å². The molecule has 0 bridgehead atoms. The second kappa shape index (κ2) is 7.72. The standard InChI is InChI=1S/C17H25N3O/c1-3-15-8-7-9-16(12-15)19-17(21)18-13-14(2)20-10-5-4-6-11-20/h7-9,12-13H,3-6,10-11H2,1-2H3,(H2,18,19,21)/b14-13+. The molecule has 2 N–H and O–H groups in total. The van der Waals surface area contributed by atoms with Crippen molar-refractivity contribution in [3.63, 3.8) is 0 Å². The molecule has 0 aromatic heterocycles. The molecule has 1 aliphatic rings. The quantitative estimate of drug-likeness (QED) is 0.886. The van der Waals surface area contributed by atoms with Gasteiger partial charge in [-0.3, -0.25) is 0 Å². The number of likely N-dealkylation sites (tertiary alicyclic amines) is 1. The minimum atomic E-state index is -0.195. The maximum absolute atomic E-state index is 11.9. The Hall–Kier alpha value is -1.97. The van der Waals surface area contributed by atoms with Crippen LogP contribution in [0.2, 0.25) is 0 Å². The summed E-state index contributed by atoms with van der Waals surface area (Å²) in [5.74, 6) is 0. The first kappa shape index (κ1) is 15.4. The molecule has 0 spiro atoms. The number of carbonyl (C=O) groups excluding carboxylic acids is 1. The molecule has 2 amide bonds. The molecule has 0 radical (unpaired) electrons. The van der Waals surface area contributed by atoms with Gasteiger partial charge < -0.3 is 15.5 Å². The first-order valence-corrected chi connectivity index (χ1v) is 7.77. The summed E-state index contributed by atoms with van der Waals surface area (Å²) in [6, 6.07) is 7.73. The van der Waals surface area contributed by atoms with Crippen LogP contribution in [-0.2, 0) is 6.42 Å². The molecule has 0 aliphatic carbocycles. The number of nitrogens with zero attached hydrogens (tertiary/aromatic N) is 1. The fourth-order valence-electron chi connectivity index (χ4n) is 2.54. The molecule has 1 fully saturated rings. The van der Waals surface area contributed by atoms with E-state index in [4.69, 9.17) is 0 Å². The zero-order valence-electron chi connectivity index (χ0n) is 13.0. The van der Waals surface area contributed by atoms with Gasteiger partial charge in [0.1, 0.15) is 0 Å². The summed E-state index contributed by atoms with van der Waals surface area (Å²) in [6.45, 7) is 6.32. The number of benzene rings is 1. The highest BCUT2D eigenvalue weighted by atomic mass is 16.2. The maximum atomic E-state index is 11.9. The van der Waals surface area contributed by atoms with E-state index in [1.807, 2.05) is 25.1 Å². The Bertz CT molecular complexity index is 505. The number of carbonyl (C=O) groups is 1. The van der Waals surface area contributed by atoms with E-state index in [1.165, 1.54) is 24.8 Å². The lowest BCUT2D eigenvalue weighted by Gasteiger charge is -2.29. The first-order chi connectivity index (χ1) is 10.2. The van der Waals surface area contributed by atoms with E-state index in [1.54, 1.807) is 6.20 Å². The fraction of sp³-hybridized carbons (Fsp3) is 0.471. The van der Waals surface area contributed by atoms with Gasteiger partial charge in [0.05, 0.1) is 0 Å². The van der Waals surface area contributed by atoms with E-state index in [9.17, 15) is 4.79 Å². The maximum Gasteiger partial charge on any atom is 0.323 e. The Morgan fingerprint density at radius 3 is 2.76 bits per heavy atom. The van der Waals surface area contributed by atoms with E-state index >= 15 is 0 Å². The largest absolute Gasteiger partial charge is 0.374 e. The molecule has 4 heteroatoms. The van der Waals surface area contributed by atoms with Crippen LogP contribution < -0.4 is 10.6 Å². The lowest BCUT2D eigenvalue weighted by molar-refractivity contribution is 0.254. The summed E-state index contributed by atoms with van der Waals surface area (Å²) in [5.41, 5.74) is 3.16. The molecule has 1 aromatic rings. The molecule has 1 aliphatic heterocycles. The summed E-state index contributed by atoms with van der Waals surface area (Å²) in [4.78, 5) is 14.2. The number of urea groups is 1. The summed E-state index contributed by atoms with van der Waals surface area (Å²) in [5, 5.41) is 5.67. The molecule has 2 rings (SSSR count). The Morgan fingerprint density at radius 2 is 2.05 bits per heavy atom. The third kappa shape index (κ3) is 4.81. The van der Waals surface area contributed by atoms with Gasteiger partial charge in [-0.1, -0.05) is 19.1 Å². The van der Waals surface area contributed by atoms with E-state index in [2.05, 4.69) is 28.5 Å². The third-order valence-electron chi connectivity index (χ3n) is 3.86. The van der Waals surface area contributed by atoms with Crippen molar-refractivity contribution in [2.45, 2.75) is 39.5 Å². The van der Waals surface area contributed by atoms with Crippen molar-refractivity contribution in [1.82, 2.24) is 10.2 Å². The number of amides is 2. The average Bonchev–Trinajstić information content (AvgIpc) is 2.53. The van der Waals surface area contributed by atoms with E-state index < -0.39 is 0 Å². The highest BCUT2D eigenvalue weighted by Gasteiger charge is 2.10. The van der Waals surface area contributed by atoms with E-state index in [0.29, 0.717) is 0 Å². The van der Waals surface area contributed by atoms with Crippen LogP contribution in [-0.4, -0.2) is 24.0 Å². The van der Waals surface area contributed by atoms with Gasteiger partial charge in [-0.25, -0.2) is 4.79 Å². The smallest absolute Gasteiger partial charge is 0.323 e. The van der Waals surface area contributed by atoms with Gasteiger partial charge in [0, 0.05) is 30.7 Å². The van der Waals surface area contributed by atoms with Crippen molar-refractivity contribution in [1.29, 1.82) is 0 Å². The monoisotopic (exact) mass is 287 g/mol. The number of hydrogen-bond donors (Lipinski definition) is 2. The zero-order chi connectivity index (χ0) is 15.1. The van der Waals surface area contributed by atoms with Crippen molar-refractivity contribution in [3.8, 4) is 0 Å². The number of rotatable bonds is 4. The number of allylic oxidation sites excluding steroid dienone is 1. The molecular weight excluding hydrogens is 262 g/mol. The van der Waals surface area contributed by atoms with E-state index in [-0.39, 0.29) is 6.03 Å². The Balaban J connectivity index is 1.86. The number of piperidine rings is 1.